The van der Waals surface area contributed by atoms with Gasteiger partial charge in [0, 0.05) is 17.6 Å². The first kappa shape index (κ1) is 30.1. The van der Waals surface area contributed by atoms with Crippen LogP contribution in [0.3, 0.4) is 0 Å². The third kappa shape index (κ3) is 7.58. The van der Waals surface area contributed by atoms with Gasteiger partial charge >= 0.3 is 0 Å². The standard InChI is InChI=1S/C29H33ClFN3O4S/c1-5-21(3)32-29(36)22(4)33(18-23-12-14-24(31)15-13-23)28(35)19-34(25-16-11-20(2)27(30)17-25)39(37,38)26-9-7-6-8-10-26/h6-17,21-22H,5,18-19H2,1-4H3,(H,32,36)/t21-,22+/m1/s1. The van der Waals surface area contributed by atoms with E-state index in [1.165, 1.54) is 47.4 Å². The number of carbonyl (C=O) groups excluding carboxylic acids is 2. The molecule has 0 heterocycles. The molecule has 2 amide bonds. The van der Waals surface area contributed by atoms with Gasteiger partial charge in [-0.2, -0.15) is 0 Å². The van der Waals surface area contributed by atoms with Crippen molar-refractivity contribution in [3.05, 3.63) is 94.8 Å². The third-order valence-electron chi connectivity index (χ3n) is 6.49. The Labute approximate surface area is 234 Å². The molecule has 0 aromatic heterocycles. The summed E-state index contributed by atoms with van der Waals surface area (Å²) in [4.78, 5) is 28.2. The fourth-order valence-corrected chi connectivity index (χ4v) is 5.42. The average Bonchev–Trinajstić information content (AvgIpc) is 2.92. The van der Waals surface area contributed by atoms with Crippen molar-refractivity contribution in [3.63, 3.8) is 0 Å². The van der Waals surface area contributed by atoms with Crippen LogP contribution in [0.2, 0.25) is 5.02 Å². The van der Waals surface area contributed by atoms with E-state index >= 15 is 0 Å². The lowest BCUT2D eigenvalue weighted by atomic mass is 10.1. The van der Waals surface area contributed by atoms with Gasteiger partial charge in [-0.15, -0.1) is 0 Å². The summed E-state index contributed by atoms with van der Waals surface area (Å²) in [5.74, 6) is -1.42. The number of benzene rings is 3. The Morgan fingerprint density at radius 1 is 1.00 bits per heavy atom. The van der Waals surface area contributed by atoms with Crippen LogP contribution in [-0.2, 0) is 26.2 Å². The normalized spacial score (nSPS) is 12.9. The zero-order chi connectivity index (χ0) is 28.7. The van der Waals surface area contributed by atoms with Crippen molar-refractivity contribution in [2.24, 2.45) is 0 Å². The van der Waals surface area contributed by atoms with Crippen LogP contribution in [0, 0.1) is 12.7 Å². The smallest absolute Gasteiger partial charge is 0.264 e. The maximum atomic E-state index is 13.9. The van der Waals surface area contributed by atoms with Crippen molar-refractivity contribution >= 4 is 39.1 Å². The topological polar surface area (TPSA) is 86.8 Å². The van der Waals surface area contributed by atoms with E-state index in [1.54, 1.807) is 44.2 Å². The number of carbonyl (C=O) groups is 2. The van der Waals surface area contributed by atoms with E-state index in [9.17, 15) is 22.4 Å². The summed E-state index contributed by atoms with van der Waals surface area (Å²) in [5.41, 5.74) is 1.54. The van der Waals surface area contributed by atoms with Crippen LogP contribution in [0.15, 0.2) is 77.7 Å². The average molecular weight is 574 g/mol. The van der Waals surface area contributed by atoms with E-state index in [0.29, 0.717) is 17.0 Å². The van der Waals surface area contributed by atoms with Gasteiger partial charge in [-0.3, -0.25) is 13.9 Å². The molecule has 10 heteroatoms. The van der Waals surface area contributed by atoms with Crippen molar-refractivity contribution in [1.29, 1.82) is 0 Å². The second-order valence-electron chi connectivity index (χ2n) is 9.40. The van der Waals surface area contributed by atoms with Gasteiger partial charge in [0.1, 0.15) is 18.4 Å². The highest BCUT2D eigenvalue weighted by Gasteiger charge is 2.33. The molecular formula is C29H33ClFN3O4S. The number of amides is 2. The largest absolute Gasteiger partial charge is 0.352 e. The van der Waals surface area contributed by atoms with Gasteiger partial charge in [0.25, 0.3) is 10.0 Å². The molecule has 0 bridgehead atoms. The summed E-state index contributed by atoms with van der Waals surface area (Å²) in [7, 11) is -4.18. The fourth-order valence-electron chi connectivity index (χ4n) is 3.82. The Bertz CT molecular complexity index is 1400. The molecule has 0 spiro atoms. The Morgan fingerprint density at radius 3 is 2.23 bits per heavy atom. The zero-order valence-electron chi connectivity index (χ0n) is 22.4. The second kappa shape index (κ2) is 13.1. The molecule has 2 atom stereocenters. The molecule has 3 rings (SSSR count). The number of sulfonamides is 1. The highest BCUT2D eigenvalue weighted by atomic mass is 35.5. The van der Waals surface area contributed by atoms with E-state index < -0.39 is 34.3 Å². The number of hydrogen-bond donors (Lipinski definition) is 1. The van der Waals surface area contributed by atoms with Crippen molar-refractivity contribution in [3.8, 4) is 0 Å². The molecule has 3 aromatic rings. The van der Waals surface area contributed by atoms with Crippen LogP contribution in [-0.4, -0.2) is 43.8 Å². The maximum absolute atomic E-state index is 13.9. The van der Waals surface area contributed by atoms with Crippen LogP contribution in [0.1, 0.15) is 38.3 Å². The minimum atomic E-state index is -4.18. The Morgan fingerprint density at radius 2 is 1.64 bits per heavy atom. The lowest BCUT2D eigenvalue weighted by molar-refractivity contribution is -0.139. The summed E-state index contributed by atoms with van der Waals surface area (Å²) < 4.78 is 42.1. The highest BCUT2D eigenvalue weighted by Crippen LogP contribution is 2.28. The Kier molecular flexibility index (Phi) is 10.1. The van der Waals surface area contributed by atoms with Crippen molar-refractivity contribution in [1.82, 2.24) is 10.2 Å². The molecule has 0 radical (unpaired) electrons. The third-order valence-corrected chi connectivity index (χ3v) is 8.68. The van der Waals surface area contributed by atoms with Crippen molar-refractivity contribution in [2.75, 3.05) is 10.8 Å². The molecule has 1 N–H and O–H groups in total. The summed E-state index contributed by atoms with van der Waals surface area (Å²) in [6.07, 6.45) is 0.696. The molecule has 0 aliphatic heterocycles. The van der Waals surface area contributed by atoms with Crippen LogP contribution < -0.4 is 9.62 Å². The SMILES string of the molecule is CC[C@@H](C)NC(=O)[C@H](C)N(Cc1ccc(F)cc1)C(=O)CN(c1ccc(C)c(Cl)c1)S(=O)(=O)c1ccccc1. The first-order valence-electron chi connectivity index (χ1n) is 12.6. The summed E-state index contributed by atoms with van der Waals surface area (Å²) >= 11 is 6.33. The van der Waals surface area contributed by atoms with E-state index in [2.05, 4.69) is 5.32 Å². The Balaban J connectivity index is 2.03. The number of nitrogens with zero attached hydrogens (tertiary/aromatic N) is 2. The van der Waals surface area contributed by atoms with E-state index in [0.717, 1.165) is 9.87 Å². The first-order valence-corrected chi connectivity index (χ1v) is 14.4. The molecule has 208 valence electrons. The minimum absolute atomic E-state index is 0.00199. The van der Waals surface area contributed by atoms with E-state index in [4.69, 9.17) is 11.6 Å². The second-order valence-corrected chi connectivity index (χ2v) is 11.7. The Hall–Kier alpha value is -3.43. The monoisotopic (exact) mass is 573 g/mol. The predicted molar refractivity (Wildman–Crippen MR) is 151 cm³/mol. The molecule has 0 unspecified atom stereocenters. The molecule has 0 aliphatic rings. The highest BCUT2D eigenvalue weighted by molar-refractivity contribution is 7.92. The summed E-state index contributed by atoms with van der Waals surface area (Å²) in [5, 5.41) is 3.22. The van der Waals surface area contributed by atoms with Gasteiger partial charge in [-0.1, -0.05) is 54.9 Å². The number of anilines is 1. The fraction of sp³-hybridized carbons (Fsp3) is 0.310. The summed E-state index contributed by atoms with van der Waals surface area (Å²) in [6, 6.07) is 17.0. The van der Waals surface area contributed by atoms with Gasteiger partial charge in [-0.05, 0) is 74.7 Å². The van der Waals surface area contributed by atoms with Gasteiger partial charge in [0.15, 0.2) is 0 Å². The maximum Gasteiger partial charge on any atom is 0.264 e. The molecule has 0 aliphatic carbocycles. The number of nitrogens with one attached hydrogen (secondary N) is 1. The lowest BCUT2D eigenvalue weighted by Gasteiger charge is -2.32. The quantitative estimate of drug-likeness (QED) is 0.337. The molecule has 0 saturated carbocycles. The van der Waals surface area contributed by atoms with Crippen LogP contribution in [0.5, 0.6) is 0 Å². The van der Waals surface area contributed by atoms with Crippen LogP contribution >= 0.6 is 11.6 Å². The predicted octanol–water partition coefficient (Wildman–Crippen LogP) is 5.31. The lowest BCUT2D eigenvalue weighted by Crippen LogP contribution is -2.52. The van der Waals surface area contributed by atoms with Gasteiger partial charge in [-0.25, -0.2) is 12.8 Å². The van der Waals surface area contributed by atoms with Gasteiger partial charge in [0.2, 0.25) is 11.8 Å². The van der Waals surface area contributed by atoms with Gasteiger partial charge in [0.05, 0.1) is 10.6 Å². The van der Waals surface area contributed by atoms with Crippen LogP contribution in [0.4, 0.5) is 10.1 Å². The van der Waals surface area contributed by atoms with Crippen molar-refractivity contribution in [2.45, 2.75) is 57.6 Å². The van der Waals surface area contributed by atoms with E-state index in [-0.39, 0.29) is 29.1 Å². The number of halogens is 2. The molecular weight excluding hydrogens is 541 g/mol. The molecule has 7 nitrogen and oxygen atoms in total. The number of rotatable bonds is 11. The summed E-state index contributed by atoms with van der Waals surface area (Å²) in [6.45, 7) is 6.54. The van der Waals surface area contributed by atoms with Crippen LogP contribution in [0.25, 0.3) is 0 Å². The zero-order valence-corrected chi connectivity index (χ0v) is 24.0. The van der Waals surface area contributed by atoms with E-state index in [1.807, 2.05) is 13.8 Å². The minimum Gasteiger partial charge on any atom is -0.352 e. The number of aryl methyl sites for hydroxylation is 1. The molecule has 3 aromatic carbocycles. The molecule has 0 fully saturated rings. The molecule has 0 saturated heterocycles. The van der Waals surface area contributed by atoms with Gasteiger partial charge < -0.3 is 10.2 Å². The van der Waals surface area contributed by atoms with Crippen molar-refractivity contribution < 1.29 is 22.4 Å². The molecule has 39 heavy (non-hydrogen) atoms. The number of hydrogen-bond acceptors (Lipinski definition) is 4. The first-order chi connectivity index (χ1) is 18.4.